The molecule has 0 N–H and O–H groups in total. The maximum atomic E-state index is 13.8. The minimum Gasteiger partial charge on any atom is -0.298 e. The average Bonchev–Trinajstić information content (AvgIpc) is 2.32. The summed E-state index contributed by atoms with van der Waals surface area (Å²) in [5.41, 5.74) is 0.730. The molecule has 0 aliphatic carbocycles. The molecule has 0 aromatic heterocycles. The van der Waals surface area contributed by atoms with Crippen molar-refractivity contribution in [3.63, 3.8) is 0 Å². The first-order valence-corrected chi connectivity index (χ1v) is 7.45. The van der Waals surface area contributed by atoms with Crippen LogP contribution in [-0.2, 0) is 0 Å². The van der Waals surface area contributed by atoms with Gasteiger partial charge >= 0.3 is 0 Å². The van der Waals surface area contributed by atoms with E-state index in [1.165, 1.54) is 6.07 Å². The first-order chi connectivity index (χ1) is 9.25. The molecular formula is C17H27F2N. The first kappa shape index (κ1) is 17.1. The second-order valence-corrected chi connectivity index (χ2v) is 6.51. The molecule has 0 bridgehead atoms. The lowest BCUT2D eigenvalue weighted by Crippen LogP contribution is -2.42. The molecular weight excluding hydrogens is 256 g/mol. The van der Waals surface area contributed by atoms with Gasteiger partial charge in [0.1, 0.15) is 11.6 Å². The number of rotatable bonds is 6. The van der Waals surface area contributed by atoms with Gasteiger partial charge in [0, 0.05) is 11.6 Å². The summed E-state index contributed by atoms with van der Waals surface area (Å²) in [4.78, 5) is 2.42. The highest BCUT2D eigenvalue weighted by molar-refractivity contribution is 5.22. The Morgan fingerprint density at radius 1 is 1.15 bits per heavy atom. The molecule has 20 heavy (non-hydrogen) atoms. The average molecular weight is 283 g/mol. The summed E-state index contributed by atoms with van der Waals surface area (Å²) in [6.45, 7) is 12.7. The first-order valence-electron chi connectivity index (χ1n) is 7.45. The van der Waals surface area contributed by atoms with Crippen LogP contribution in [0.1, 0.15) is 58.9 Å². The summed E-state index contributed by atoms with van der Waals surface area (Å²) >= 11 is 0. The highest BCUT2D eigenvalue weighted by Gasteiger charge is 2.21. The van der Waals surface area contributed by atoms with Crippen molar-refractivity contribution in [3.8, 4) is 0 Å². The molecule has 0 spiro atoms. The van der Waals surface area contributed by atoms with Crippen molar-refractivity contribution in [1.29, 1.82) is 0 Å². The monoisotopic (exact) mass is 283 g/mol. The molecule has 1 aromatic rings. The topological polar surface area (TPSA) is 3.24 Å². The van der Waals surface area contributed by atoms with Crippen molar-refractivity contribution < 1.29 is 8.78 Å². The Morgan fingerprint density at radius 3 is 2.30 bits per heavy atom. The van der Waals surface area contributed by atoms with Gasteiger partial charge in [-0.3, -0.25) is 4.90 Å². The van der Waals surface area contributed by atoms with E-state index < -0.39 is 11.6 Å². The zero-order valence-corrected chi connectivity index (χ0v) is 13.3. The van der Waals surface area contributed by atoms with E-state index in [9.17, 15) is 8.78 Å². The Kier molecular flexibility index (Phi) is 6.12. The largest absolute Gasteiger partial charge is 0.298 e. The van der Waals surface area contributed by atoms with Crippen LogP contribution in [0.3, 0.4) is 0 Å². The van der Waals surface area contributed by atoms with Crippen LogP contribution in [0.15, 0.2) is 18.2 Å². The fraction of sp³-hybridized carbons (Fsp3) is 0.647. The minimum atomic E-state index is -0.513. The summed E-state index contributed by atoms with van der Waals surface area (Å²) < 4.78 is 26.7. The van der Waals surface area contributed by atoms with E-state index in [0.717, 1.165) is 32.0 Å². The number of hydrogen-bond donors (Lipinski definition) is 0. The zero-order valence-electron chi connectivity index (χ0n) is 13.3. The quantitative estimate of drug-likeness (QED) is 0.712. The molecule has 1 rings (SSSR count). The lowest BCUT2D eigenvalue weighted by atomic mass is 9.95. The normalized spacial score (nSPS) is 13.8. The van der Waals surface area contributed by atoms with Crippen molar-refractivity contribution in [2.45, 2.75) is 58.9 Å². The van der Waals surface area contributed by atoms with Gasteiger partial charge in [0.25, 0.3) is 0 Å². The Hall–Kier alpha value is -0.960. The van der Waals surface area contributed by atoms with Gasteiger partial charge in [-0.2, -0.15) is 0 Å². The molecule has 0 saturated carbocycles. The number of benzene rings is 1. The van der Waals surface area contributed by atoms with Crippen molar-refractivity contribution in [2.75, 3.05) is 13.1 Å². The van der Waals surface area contributed by atoms with Crippen LogP contribution in [-0.4, -0.2) is 23.5 Å². The lowest BCUT2D eigenvalue weighted by molar-refractivity contribution is 0.132. The Balaban J connectivity index is 2.67. The van der Waals surface area contributed by atoms with E-state index in [4.69, 9.17) is 0 Å². The molecule has 0 amide bonds. The van der Waals surface area contributed by atoms with Crippen LogP contribution in [0.4, 0.5) is 8.78 Å². The molecule has 0 radical (unpaired) electrons. The number of nitrogens with zero attached hydrogens (tertiary/aromatic N) is 1. The third kappa shape index (κ3) is 4.86. The Morgan fingerprint density at radius 2 is 1.80 bits per heavy atom. The van der Waals surface area contributed by atoms with Crippen LogP contribution in [0.5, 0.6) is 0 Å². The van der Waals surface area contributed by atoms with Gasteiger partial charge in [0.2, 0.25) is 0 Å². The van der Waals surface area contributed by atoms with E-state index >= 15 is 0 Å². The summed E-state index contributed by atoms with van der Waals surface area (Å²) in [5, 5.41) is 0. The van der Waals surface area contributed by atoms with Crippen molar-refractivity contribution in [1.82, 2.24) is 4.90 Å². The van der Waals surface area contributed by atoms with E-state index in [-0.39, 0.29) is 11.5 Å². The molecule has 0 fully saturated rings. The van der Waals surface area contributed by atoms with Crippen LogP contribution in [0.25, 0.3) is 0 Å². The smallest absolute Gasteiger partial charge is 0.129 e. The highest BCUT2D eigenvalue weighted by Crippen LogP contribution is 2.24. The third-order valence-electron chi connectivity index (χ3n) is 3.77. The second-order valence-electron chi connectivity index (χ2n) is 6.51. The van der Waals surface area contributed by atoms with Gasteiger partial charge in [-0.25, -0.2) is 8.78 Å². The van der Waals surface area contributed by atoms with E-state index in [1.54, 1.807) is 6.07 Å². The van der Waals surface area contributed by atoms with Crippen LogP contribution in [0, 0.1) is 11.6 Å². The molecule has 0 aliphatic heterocycles. The molecule has 1 unspecified atom stereocenters. The maximum Gasteiger partial charge on any atom is 0.129 e. The molecule has 1 atom stereocenters. The fourth-order valence-electron chi connectivity index (χ4n) is 2.46. The SMILES string of the molecule is CCCN(CCC(C)c1ccc(F)cc1F)C(C)(C)C. The van der Waals surface area contributed by atoms with Gasteiger partial charge in [-0.05, 0) is 64.3 Å². The predicted octanol–water partition coefficient (Wildman–Crippen LogP) is 4.97. The summed E-state index contributed by atoms with van der Waals surface area (Å²) in [5.74, 6) is -0.853. The van der Waals surface area contributed by atoms with Gasteiger partial charge in [0.15, 0.2) is 0 Å². The molecule has 114 valence electrons. The maximum absolute atomic E-state index is 13.8. The molecule has 0 aliphatic rings. The minimum absolute atomic E-state index is 0.0947. The fourth-order valence-corrected chi connectivity index (χ4v) is 2.46. The van der Waals surface area contributed by atoms with Gasteiger partial charge < -0.3 is 0 Å². The number of halogens is 2. The standard InChI is InChI=1S/C17H27F2N/c1-6-10-20(17(3,4)5)11-9-13(2)15-8-7-14(18)12-16(15)19/h7-8,12-13H,6,9-11H2,1-5H3. The summed E-state index contributed by atoms with van der Waals surface area (Å²) in [6.07, 6.45) is 1.98. The van der Waals surface area contributed by atoms with Crippen LogP contribution in [0.2, 0.25) is 0 Å². The summed E-state index contributed by atoms with van der Waals surface area (Å²) in [7, 11) is 0. The molecule has 1 nitrogen and oxygen atoms in total. The van der Waals surface area contributed by atoms with Crippen molar-refractivity contribution in [3.05, 3.63) is 35.4 Å². The van der Waals surface area contributed by atoms with Crippen LogP contribution < -0.4 is 0 Å². The van der Waals surface area contributed by atoms with Crippen LogP contribution >= 0.6 is 0 Å². The molecule has 1 aromatic carbocycles. The Labute approximate surface area is 122 Å². The number of hydrogen-bond acceptors (Lipinski definition) is 1. The van der Waals surface area contributed by atoms with Gasteiger partial charge in [0.05, 0.1) is 0 Å². The van der Waals surface area contributed by atoms with Crippen molar-refractivity contribution in [2.24, 2.45) is 0 Å². The zero-order chi connectivity index (χ0) is 15.3. The highest BCUT2D eigenvalue weighted by atomic mass is 19.1. The Bertz CT molecular complexity index is 423. The van der Waals surface area contributed by atoms with Crippen molar-refractivity contribution >= 4 is 0 Å². The molecule has 3 heteroatoms. The van der Waals surface area contributed by atoms with Gasteiger partial charge in [-0.15, -0.1) is 0 Å². The molecule has 0 saturated heterocycles. The molecule has 0 heterocycles. The predicted molar refractivity (Wildman–Crippen MR) is 81.0 cm³/mol. The van der Waals surface area contributed by atoms with E-state index in [2.05, 4.69) is 32.6 Å². The van der Waals surface area contributed by atoms with Gasteiger partial charge in [-0.1, -0.05) is 19.9 Å². The van der Waals surface area contributed by atoms with E-state index in [0.29, 0.717) is 5.56 Å². The summed E-state index contributed by atoms with van der Waals surface area (Å²) in [6, 6.07) is 3.87. The lowest BCUT2D eigenvalue weighted by Gasteiger charge is -2.36. The van der Waals surface area contributed by atoms with E-state index in [1.807, 2.05) is 6.92 Å². The second kappa shape index (κ2) is 7.16. The third-order valence-corrected chi connectivity index (χ3v) is 3.77.